The predicted molar refractivity (Wildman–Crippen MR) is 65.9 cm³/mol. The summed E-state index contributed by atoms with van der Waals surface area (Å²) < 4.78 is 0. The van der Waals surface area contributed by atoms with Crippen LogP contribution in [0.15, 0.2) is 24.3 Å². The maximum atomic E-state index is 11.9. The molecule has 0 bridgehead atoms. The van der Waals surface area contributed by atoms with E-state index >= 15 is 0 Å². The second kappa shape index (κ2) is 4.47. The molecular formula is C13H14N2O4. The SMILES string of the molecule is CC(C)(N)CC(=O)ON1C(=O)c2ccccc2C1=O. The molecule has 2 rings (SSSR count). The topological polar surface area (TPSA) is 89.7 Å². The Balaban J connectivity index is 2.15. The molecule has 0 atom stereocenters. The summed E-state index contributed by atoms with van der Waals surface area (Å²) in [5, 5.41) is 0.485. The van der Waals surface area contributed by atoms with Gasteiger partial charge in [-0.1, -0.05) is 17.2 Å². The highest BCUT2D eigenvalue weighted by atomic mass is 16.7. The predicted octanol–water partition coefficient (Wildman–Crippen LogP) is 0.868. The second-order valence-corrected chi connectivity index (χ2v) is 5.08. The summed E-state index contributed by atoms with van der Waals surface area (Å²) in [4.78, 5) is 40.2. The van der Waals surface area contributed by atoms with Crippen molar-refractivity contribution in [3.05, 3.63) is 35.4 Å². The lowest BCUT2D eigenvalue weighted by atomic mass is 10.0. The summed E-state index contributed by atoms with van der Waals surface area (Å²) in [5.74, 6) is -1.99. The van der Waals surface area contributed by atoms with Gasteiger partial charge < -0.3 is 10.6 Å². The van der Waals surface area contributed by atoms with E-state index in [1.165, 1.54) is 12.1 Å². The summed E-state index contributed by atoms with van der Waals surface area (Å²) >= 11 is 0. The Morgan fingerprint density at radius 2 is 1.68 bits per heavy atom. The lowest BCUT2D eigenvalue weighted by molar-refractivity contribution is -0.169. The third-order valence-corrected chi connectivity index (χ3v) is 2.55. The van der Waals surface area contributed by atoms with Crippen molar-refractivity contribution in [3.8, 4) is 0 Å². The first kappa shape index (κ1) is 13.2. The van der Waals surface area contributed by atoms with Crippen LogP contribution in [0.5, 0.6) is 0 Å². The van der Waals surface area contributed by atoms with Crippen LogP contribution in [0.4, 0.5) is 0 Å². The van der Waals surface area contributed by atoms with E-state index in [0.717, 1.165) is 0 Å². The first-order chi connectivity index (χ1) is 8.79. The number of imide groups is 1. The lowest BCUT2D eigenvalue weighted by Gasteiger charge is -2.19. The fourth-order valence-electron chi connectivity index (χ4n) is 1.76. The number of carbonyl (C=O) groups is 3. The number of hydrogen-bond acceptors (Lipinski definition) is 5. The van der Waals surface area contributed by atoms with Crippen molar-refractivity contribution in [2.45, 2.75) is 25.8 Å². The molecule has 1 aromatic carbocycles. The number of hydrogen-bond donors (Lipinski definition) is 1. The molecule has 0 spiro atoms. The van der Waals surface area contributed by atoms with Gasteiger partial charge in [0.1, 0.15) is 0 Å². The van der Waals surface area contributed by atoms with Gasteiger partial charge in [0.2, 0.25) is 0 Å². The molecule has 0 aromatic heterocycles. The number of hydroxylamine groups is 2. The van der Waals surface area contributed by atoms with Gasteiger partial charge in [0.15, 0.2) is 0 Å². The highest BCUT2D eigenvalue weighted by Gasteiger charge is 2.38. The number of benzene rings is 1. The van der Waals surface area contributed by atoms with E-state index in [4.69, 9.17) is 10.6 Å². The van der Waals surface area contributed by atoms with Crippen molar-refractivity contribution < 1.29 is 19.2 Å². The van der Waals surface area contributed by atoms with Crippen molar-refractivity contribution in [1.82, 2.24) is 5.06 Å². The van der Waals surface area contributed by atoms with E-state index in [-0.39, 0.29) is 17.5 Å². The molecule has 19 heavy (non-hydrogen) atoms. The average Bonchev–Trinajstić information content (AvgIpc) is 2.53. The van der Waals surface area contributed by atoms with Gasteiger partial charge in [-0.15, -0.1) is 0 Å². The first-order valence-corrected chi connectivity index (χ1v) is 5.77. The van der Waals surface area contributed by atoms with Gasteiger partial charge in [-0.25, -0.2) is 4.79 Å². The maximum absolute atomic E-state index is 11.9. The Morgan fingerprint density at radius 3 is 2.11 bits per heavy atom. The molecule has 2 N–H and O–H groups in total. The van der Waals surface area contributed by atoms with E-state index in [1.807, 2.05) is 0 Å². The Kier molecular flexibility index (Phi) is 3.11. The molecule has 100 valence electrons. The van der Waals surface area contributed by atoms with Crippen molar-refractivity contribution in [2.75, 3.05) is 0 Å². The van der Waals surface area contributed by atoms with Gasteiger partial charge in [-0.05, 0) is 26.0 Å². The summed E-state index contributed by atoms with van der Waals surface area (Å²) in [6.45, 7) is 3.30. The molecule has 0 saturated carbocycles. The smallest absolute Gasteiger partial charge is 0.330 e. The van der Waals surface area contributed by atoms with E-state index in [0.29, 0.717) is 5.06 Å². The van der Waals surface area contributed by atoms with Crippen molar-refractivity contribution in [2.24, 2.45) is 5.73 Å². The molecule has 1 heterocycles. The van der Waals surface area contributed by atoms with Crippen LogP contribution in [-0.4, -0.2) is 28.4 Å². The van der Waals surface area contributed by atoms with E-state index < -0.39 is 23.3 Å². The lowest BCUT2D eigenvalue weighted by Crippen LogP contribution is -2.39. The molecule has 6 nitrogen and oxygen atoms in total. The Bertz CT molecular complexity index is 525. The van der Waals surface area contributed by atoms with Crippen LogP contribution in [0, 0.1) is 0 Å². The number of rotatable bonds is 3. The minimum atomic E-state index is -0.768. The number of carbonyl (C=O) groups excluding carboxylic acids is 3. The molecule has 0 fully saturated rings. The standard InChI is InChI=1S/C13H14N2O4/c1-13(2,14)7-10(16)19-15-11(17)8-5-3-4-6-9(8)12(15)18/h3-6H,7,14H2,1-2H3. The quantitative estimate of drug-likeness (QED) is 0.816. The molecule has 0 aliphatic carbocycles. The van der Waals surface area contributed by atoms with Crippen molar-refractivity contribution in [1.29, 1.82) is 0 Å². The van der Waals surface area contributed by atoms with Gasteiger partial charge in [0.05, 0.1) is 17.5 Å². The number of nitrogens with zero attached hydrogens (tertiary/aromatic N) is 1. The third kappa shape index (κ3) is 2.63. The Labute approximate surface area is 110 Å². The van der Waals surface area contributed by atoms with Crippen LogP contribution in [0.1, 0.15) is 41.0 Å². The minimum Gasteiger partial charge on any atom is -0.330 e. The zero-order valence-corrected chi connectivity index (χ0v) is 10.7. The van der Waals surface area contributed by atoms with Crippen LogP contribution >= 0.6 is 0 Å². The van der Waals surface area contributed by atoms with Crippen LogP contribution in [0.25, 0.3) is 0 Å². The average molecular weight is 262 g/mol. The van der Waals surface area contributed by atoms with Crippen LogP contribution < -0.4 is 5.73 Å². The summed E-state index contributed by atoms with van der Waals surface area (Å²) in [7, 11) is 0. The van der Waals surface area contributed by atoms with Gasteiger partial charge >= 0.3 is 5.97 Å². The Hall–Kier alpha value is -2.21. The largest absolute Gasteiger partial charge is 0.335 e. The molecule has 2 amide bonds. The maximum Gasteiger partial charge on any atom is 0.335 e. The minimum absolute atomic E-state index is 0.0968. The highest BCUT2D eigenvalue weighted by molar-refractivity contribution is 6.20. The third-order valence-electron chi connectivity index (χ3n) is 2.55. The molecule has 1 aromatic rings. The summed E-state index contributed by atoms with van der Waals surface area (Å²) in [6, 6.07) is 6.29. The molecule has 0 saturated heterocycles. The second-order valence-electron chi connectivity index (χ2n) is 5.08. The Morgan fingerprint density at radius 1 is 1.21 bits per heavy atom. The van der Waals surface area contributed by atoms with Crippen molar-refractivity contribution in [3.63, 3.8) is 0 Å². The van der Waals surface area contributed by atoms with Crippen LogP contribution in [0.2, 0.25) is 0 Å². The highest BCUT2D eigenvalue weighted by Crippen LogP contribution is 2.23. The van der Waals surface area contributed by atoms with Gasteiger partial charge in [-0.3, -0.25) is 9.59 Å². The van der Waals surface area contributed by atoms with E-state index in [9.17, 15) is 14.4 Å². The summed E-state index contributed by atoms with van der Waals surface area (Å²) in [5.41, 5.74) is 5.36. The van der Waals surface area contributed by atoms with E-state index in [1.54, 1.807) is 26.0 Å². The molecule has 1 aliphatic heterocycles. The first-order valence-electron chi connectivity index (χ1n) is 5.77. The molecular weight excluding hydrogens is 248 g/mol. The van der Waals surface area contributed by atoms with Gasteiger partial charge in [-0.2, -0.15) is 0 Å². The molecule has 0 radical (unpaired) electrons. The van der Waals surface area contributed by atoms with Gasteiger partial charge in [0.25, 0.3) is 11.8 Å². The van der Waals surface area contributed by atoms with Crippen molar-refractivity contribution >= 4 is 17.8 Å². The number of amides is 2. The fourth-order valence-corrected chi connectivity index (χ4v) is 1.76. The van der Waals surface area contributed by atoms with Crippen LogP contribution in [0.3, 0.4) is 0 Å². The molecule has 0 unspecified atom stereocenters. The number of nitrogens with two attached hydrogens (primary N) is 1. The zero-order chi connectivity index (χ0) is 14.2. The normalized spacial score (nSPS) is 14.6. The van der Waals surface area contributed by atoms with E-state index in [2.05, 4.69) is 0 Å². The molecule has 6 heteroatoms. The number of fused-ring (bicyclic) bond motifs is 1. The van der Waals surface area contributed by atoms with Crippen LogP contribution in [-0.2, 0) is 9.63 Å². The monoisotopic (exact) mass is 262 g/mol. The zero-order valence-electron chi connectivity index (χ0n) is 10.7. The van der Waals surface area contributed by atoms with Gasteiger partial charge in [0, 0.05) is 5.54 Å². The summed E-state index contributed by atoms with van der Waals surface area (Å²) in [6.07, 6.45) is -0.0968. The fraction of sp³-hybridized carbons (Fsp3) is 0.308. The molecule has 1 aliphatic rings.